The predicted molar refractivity (Wildman–Crippen MR) is 79.1 cm³/mol. The van der Waals surface area contributed by atoms with Crippen LogP contribution in [0.15, 0.2) is 11.2 Å². The maximum atomic E-state index is 8.78. The van der Waals surface area contributed by atoms with Crippen LogP contribution in [0, 0.1) is 12.8 Å². The molecule has 1 fully saturated rings. The Hall–Kier alpha value is -1.85. The first-order chi connectivity index (χ1) is 9.51. The van der Waals surface area contributed by atoms with Crippen molar-refractivity contribution in [3.63, 3.8) is 0 Å². The van der Waals surface area contributed by atoms with Gasteiger partial charge in [-0.1, -0.05) is 12.1 Å². The molecule has 0 spiro atoms. The summed E-state index contributed by atoms with van der Waals surface area (Å²) in [5.74, 6) is 1.47. The second kappa shape index (κ2) is 6.07. The number of amidine groups is 1. The van der Waals surface area contributed by atoms with Crippen molar-refractivity contribution in [2.24, 2.45) is 16.8 Å². The van der Waals surface area contributed by atoms with Gasteiger partial charge < -0.3 is 15.8 Å². The van der Waals surface area contributed by atoms with E-state index in [0.29, 0.717) is 17.7 Å². The summed E-state index contributed by atoms with van der Waals surface area (Å²) < 4.78 is 0. The summed E-state index contributed by atoms with van der Waals surface area (Å²) in [5, 5.41) is 11.8. The van der Waals surface area contributed by atoms with Gasteiger partial charge in [0.25, 0.3) is 0 Å². The topological polar surface area (TPSA) is 87.6 Å². The standard InChI is InChI=1S/C14H23N5O/c1-9-4-6-11(7-5-9)19(3)14-16-10(2)8-12(17-14)13(15)18-20/h8-9,11,20H,4-7H2,1-3H3,(H2,15,18). The summed E-state index contributed by atoms with van der Waals surface area (Å²) in [4.78, 5) is 11.0. The van der Waals surface area contributed by atoms with E-state index in [1.807, 2.05) is 14.0 Å². The lowest BCUT2D eigenvalue weighted by Gasteiger charge is -2.33. The van der Waals surface area contributed by atoms with Crippen LogP contribution in [0.25, 0.3) is 0 Å². The van der Waals surface area contributed by atoms with Crippen LogP contribution >= 0.6 is 0 Å². The molecule has 1 aliphatic carbocycles. The summed E-state index contributed by atoms with van der Waals surface area (Å²) in [5.41, 5.74) is 6.90. The number of nitrogens with zero attached hydrogens (tertiary/aromatic N) is 4. The van der Waals surface area contributed by atoms with Gasteiger partial charge in [-0.2, -0.15) is 0 Å². The van der Waals surface area contributed by atoms with E-state index in [-0.39, 0.29) is 5.84 Å². The molecular weight excluding hydrogens is 254 g/mol. The van der Waals surface area contributed by atoms with Gasteiger partial charge in [0.15, 0.2) is 5.84 Å². The molecule has 20 heavy (non-hydrogen) atoms. The highest BCUT2D eigenvalue weighted by Gasteiger charge is 2.23. The van der Waals surface area contributed by atoms with Crippen LogP contribution in [0.3, 0.4) is 0 Å². The van der Waals surface area contributed by atoms with Gasteiger partial charge >= 0.3 is 0 Å². The Morgan fingerprint density at radius 3 is 2.60 bits per heavy atom. The molecule has 1 aliphatic rings. The molecule has 0 amide bonds. The van der Waals surface area contributed by atoms with Crippen molar-refractivity contribution in [1.29, 1.82) is 0 Å². The summed E-state index contributed by atoms with van der Waals surface area (Å²) in [6.07, 6.45) is 4.81. The van der Waals surface area contributed by atoms with Crippen LogP contribution in [0.5, 0.6) is 0 Å². The minimum atomic E-state index is 0.0161. The van der Waals surface area contributed by atoms with E-state index < -0.39 is 0 Å². The number of anilines is 1. The van der Waals surface area contributed by atoms with Crippen LogP contribution in [-0.4, -0.2) is 34.1 Å². The summed E-state index contributed by atoms with van der Waals surface area (Å²) >= 11 is 0. The highest BCUT2D eigenvalue weighted by Crippen LogP contribution is 2.28. The quantitative estimate of drug-likeness (QED) is 0.381. The normalized spacial score (nSPS) is 23.6. The van der Waals surface area contributed by atoms with Crippen LogP contribution in [0.2, 0.25) is 0 Å². The van der Waals surface area contributed by atoms with Crippen molar-refractivity contribution < 1.29 is 5.21 Å². The second-order valence-corrected chi connectivity index (χ2v) is 5.70. The number of rotatable bonds is 3. The third kappa shape index (κ3) is 3.18. The molecule has 1 saturated carbocycles. The van der Waals surface area contributed by atoms with E-state index in [2.05, 4.69) is 26.9 Å². The molecule has 0 bridgehead atoms. The van der Waals surface area contributed by atoms with Gasteiger partial charge in [-0.3, -0.25) is 0 Å². The van der Waals surface area contributed by atoms with E-state index in [4.69, 9.17) is 10.9 Å². The zero-order chi connectivity index (χ0) is 14.7. The van der Waals surface area contributed by atoms with Gasteiger partial charge in [0.05, 0.1) is 0 Å². The van der Waals surface area contributed by atoms with Crippen molar-refractivity contribution in [3.05, 3.63) is 17.5 Å². The molecule has 0 aliphatic heterocycles. The fraction of sp³-hybridized carbons (Fsp3) is 0.643. The monoisotopic (exact) mass is 277 g/mol. The first-order valence-corrected chi connectivity index (χ1v) is 7.07. The third-order valence-corrected chi connectivity index (χ3v) is 4.06. The number of hydrogen-bond donors (Lipinski definition) is 2. The Bertz CT molecular complexity index is 494. The number of hydrogen-bond acceptors (Lipinski definition) is 5. The Labute approximate surface area is 119 Å². The van der Waals surface area contributed by atoms with Gasteiger partial charge in [0.1, 0.15) is 5.69 Å². The first-order valence-electron chi connectivity index (χ1n) is 7.07. The molecule has 1 aromatic rings. The Kier molecular flexibility index (Phi) is 4.42. The van der Waals surface area contributed by atoms with Crippen LogP contribution in [0.4, 0.5) is 5.95 Å². The molecule has 2 rings (SSSR count). The van der Waals surface area contributed by atoms with Crippen molar-refractivity contribution in [2.75, 3.05) is 11.9 Å². The molecule has 0 saturated heterocycles. The van der Waals surface area contributed by atoms with Gasteiger partial charge in [-0.15, -0.1) is 0 Å². The SMILES string of the molecule is Cc1cc(/C(N)=N/O)nc(N(C)C2CCC(C)CC2)n1. The number of aromatic nitrogens is 2. The fourth-order valence-corrected chi connectivity index (χ4v) is 2.69. The molecule has 6 heteroatoms. The molecule has 6 nitrogen and oxygen atoms in total. The van der Waals surface area contributed by atoms with Crippen LogP contribution in [-0.2, 0) is 0 Å². The Morgan fingerprint density at radius 2 is 2.00 bits per heavy atom. The highest BCUT2D eigenvalue weighted by atomic mass is 16.4. The molecule has 0 unspecified atom stereocenters. The maximum absolute atomic E-state index is 8.78. The van der Waals surface area contributed by atoms with E-state index in [9.17, 15) is 0 Å². The lowest BCUT2D eigenvalue weighted by atomic mass is 9.87. The summed E-state index contributed by atoms with van der Waals surface area (Å²) in [6, 6.07) is 2.18. The fourth-order valence-electron chi connectivity index (χ4n) is 2.69. The molecule has 1 heterocycles. The lowest BCUT2D eigenvalue weighted by Crippen LogP contribution is -2.36. The molecule has 0 atom stereocenters. The highest BCUT2D eigenvalue weighted by molar-refractivity contribution is 5.95. The van der Waals surface area contributed by atoms with E-state index in [1.165, 1.54) is 12.8 Å². The van der Waals surface area contributed by atoms with Gasteiger partial charge in [0, 0.05) is 18.8 Å². The summed E-state index contributed by atoms with van der Waals surface area (Å²) in [7, 11) is 2.02. The molecule has 3 N–H and O–H groups in total. The van der Waals surface area contributed by atoms with Crippen molar-refractivity contribution in [2.45, 2.75) is 45.6 Å². The second-order valence-electron chi connectivity index (χ2n) is 5.70. The molecule has 0 radical (unpaired) electrons. The molecule has 1 aromatic heterocycles. The average Bonchev–Trinajstić information content (AvgIpc) is 2.45. The zero-order valence-corrected chi connectivity index (χ0v) is 12.4. The minimum absolute atomic E-state index is 0.0161. The lowest BCUT2D eigenvalue weighted by molar-refractivity contribution is 0.318. The maximum Gasteiger partial charge on any atom is 0.226 e. The van der Waals surface area contributed by atoms with Crippen molar-refractivity contribution in [1.82, 2.24) is 9.97 Å². The number of nitrogens with two attached hydrogens (primary N) is 1. The van der Waals surface area contributed by atoms with Gasteiger partial charge in [-0.25, -0.2) is 9.97 Å². The Balaban J connectivity index is 2.21. The number of aryl methyl sites for hydroxylation is 1. The molecular formula is C14H23N5O. The van der Waals surface area contributed by atoms with Crippen LogP contribution in [0.1, 0.15) is 44.0 Å². The van der Waals surface area contributed by atoms with E-state index in [0.717, 1.165) is 24.5 Å². The Morgan fingerprint density at radius 1 is 1.35 bits per heavy atom. The predicted octanol–water partition coefficient (Wildman–Crippen LogP) is 1.89. The molecule has 0 aromatic carbocycles. The van der Waals surface area contributed by atoms with Crippen LogP contribution < -0.4 is 10.6 Å². The smallest absolute Gasteiger partial charge is 0.226 e. The third-order valence-electron chi connectivity index (χ3n) is 4.06. The summed E-state index contributed by atoms with van der Waals surface area (Å²) in [6.45, 7) is 4.19. The largest absolute Gasteiger partial charge is 0.409 e. The van der Waals surface area contributed by atoms with Crippen molar-refractivity contribution >= 4 is 11.8 Å². The van der Waals surface area contributed by atoms with E-state index in [1.54, 1.807) is 6.07 Å². The minimum Gasteiger partial charge on any atom is -0.409 e. The van der Waals surface area contributed by atoms with Gasteiger partial charge in [0.2, 0.25) is 5.95 Å². The van der Waals surface area contributed by atoms with E-state index >= 15 is 0 Å². The average molecular weight is 277 g/mol. The van der Waals surface area contributed by atoms with Crippen molar-refractivity contribution in [3.8, 4) is 0 Å². The zero-order valence-electron chi connectivity index (χ0n) is 12.4. The number of oxime groups is 1. The molecule has 110 valence electrons. The first kappa shape index (κ1) is 14.6. The van der Waals surface area contributed by atoms with Gasteiger partial charge in [-0.05, 0) is 44.6 Å².